The molecule has 1 amide bonds. The highest BCUT2D eigenvalue weighted by atomic mass is 16.5. The van der Waals surface area contributed by atoms with Crippen molar-refractivity contribution in [3.05, 3.63) is 65.7 Å². The highest BCUT2D eigenvalue weighted by Gasteiger charge is 2.22. The molecule has 0 aliphatic carbocycles. The summed E-state index contributed by atoms with van der Waals surface area (Å²) in [6, 6.07) is 18.5. The van der Waals surface area contributed by atoms with E-state index in [1.807, 2.05) is 29.2 Å². The third kappa shape index (κ3) is 6.51. The van der Waals surface area contributed by atoms with E-state index in [0.29, 0.717) is 18.4 Å². The average Bonchev–Trinajstić information content (AvgIpc) is 2.80. The van der Waals surface area contributed by atoms with Crippen molar-refractivity contribution in [1.29, 1.82) is 0 Å². The first-order valence-electron chi connectivity index (χ1n) is 10.6. The molecule has 0 spiro atoms. The topological polar surface area (TPSA) is 66.0 Å². The van der Waals surface area contributed by atoms with Crippen LogP contribution >= 0.6 is 0 Å². The molecule has 2 aromatic rings. The van der Waals surface area contributed by atoms with Gasteiger partial charge in [-0.05, 0) is 48.4 Å². The highest BCUT2D eigenvalue weighted by molar-refractivity contribution is 5.86. The number of methoxy groups -OCH3 is 1. The molecule has 0 saturated carbocycles. The van der Waals surface area contributed by atoms with Gasteiger partial charge >= 0.3 is 0 Å². The first kappa shape index (κ1) is 21.7. The molecule has 3 rings (SSSR count). The lowest BCUT2D eigenvalue weighted by Gasteiger charge is -2.32. The van der Waals surface area contributed by atoms with Crippen molar-refractivity contribution in [3.63, 3.8) is 0 Å². The minimum absolute atomic E-state index is 0.123. The van der Waals surface area contributed by atoms with Gasteiger partial charge in [0.15, 0.2) is 5.96 Å². The van der Waals surface area contributed by atoms with Gasteiger partial charge in [0.25, 0.3) is 0 Å². The molecule has 2 aromatic carbocycles. The van der Waals surface area contributed by atoms with Gasteiger partial charge in [0.1, 0.15) is 5.75 Å². The van der Waals surface area contributed by atoms with Crippen LogP contribution in [0.25, 0.3) is 0 Å². The number of nitrogens with zero attached hydrogens (tertiary/aromatic N) is 2. The van der Waals surface area contributed by atoms with Crippen molar-refractivity contribution in [2.75, 3.05) is 33.8 Å². The predicted molar refractivity (Wildman–Crippen MR) is 121 cm³/mol. The molecular weight excluding hydrogens is 376 g/mol. The number of carbonyl (C=O) groups excluding carboxylic acids is 1. The quantitative estimate of drug-likeness (QED) is 0.546. The van der Waals surface area contributed by atoms with E-state index in [1.54, 1.807) is 14.2 Å². The summed E-state index contributed by atoms with van der Waals surface area (Å²) in [6.07, 6.45) is 3.22. The number of carbonyl (C=O) groups is 1. The molecule has 160 valence electrons. The van der Waals surface area contributed by atoms with E-state index >= 15 is 0 Å². The standard InChI is InChI=1S/C24H32N4O2/c1-25-24(26-17-21-9-6-10-22(16-21)30-2)27-18-23(29)28-13-11-20(12-14-28)15-19-7-4-3-5-8-19/h3-10,16,20H,11-15,17-18H2,1-2H3,(H2,25,26,27). The SMILES string of the molecule is CN=C(NCC(=O)N1CCC(Cc2ccccc2)CC1)NCc1cccc(OC)c1. The molecule has 2 N–H and O–H groups in total. The Kier molecular flexibility index (Phi) is 8.12. The maximum absolute atomic E-state index is 12.6. The second-order valence-electron chi connectivity index (χ2n) is 7.64. The van der Waals surface area contributed by atoms with E-state index in [1.165, 1.54) is 5.56 Å². The van der Waals surface area contributed by atoms with Gasteiger partial charge in [-0.3, -0.25) is 9.79 Å². The summed E-state index contributed by atoms with van der Waals surface area (Å²) in [4.78, 5) is 18.8. The molecule has 1 heterocycles. The Morgan fingerprint density at radius 2 is 1.80 bits per heavy atom. The zero-order valence-corrected chi connectivity index (χ0v) is 17.9. The van der Waals surface area contributed by atoms with E-state index < -0.39 is 0 Å². The minimum atomic E-state index is 0.123. The average molecular weight is 409 g/mol. The van der Waals surface area contributed by atoms with Crippen LogP contribution in [0.15, 0.2) is 59.6 Å². The molecule has 0 aromatic heterocycles. The third-order valence-electron chi connectivity index (χ3n) is 5.56. The molecule has 0 bridgehead atoms. The highest BCUT2D eigenvalue weighted by Crippen LogP contribution is 2.21. The number of guanidine groups is 1. The van der Waals surface area contributed by atoms with Crippen LogP contribution in [0, 0.1) is 5.92 Å². The van der Waals surface area contributed by atoms with Crippen molar-refractivity contribution in [2.45, 2.75) is 25.8 Å². The molecule has 0 radical (unpaired) electrons. The number of nitrogens with one attached hydrogen (secondary N) is 2. The first-order chi connectivity index (χ1) is 14.7. The van der Waals surface area contributed by atoms with Crippen LogP contribution in [0.4, 0.5) is 0 Å². The number of aliphatic imine (C=N–C) groups is 1. The number of hydrogen-bond donors (Lipinski definition) is 2. The lowest BCUT2D eigenvalue weighted by Crippen LogP contribution is -2.46. The molecule has 30 heavy (non-hydrogen) atoms. The van der Waals surface area contributed by atoms with Crippen LogP contribution in [0.1, 0.15) is 24.0 Å². The lowest BCUT2D eigenvalue weighted by molar-refractivity contribution is -0.131. The fourth-order valence-corrected chi connectivity index (χ4v) is 3.79. The predicted octanol–water partition coefficient (Wildman–Crippen LogP) is 2.84. The molecule has 6 heteroatoms. The van der Waals surface area contributed by atoms with Crippen LogP contribution in [0.5, 0.6) is 5.75 Å². The second-order valence-corrected chi connectivity index (χ2v) is 7.64. The van der Waals surface area contributed by atoms with Crippen LogP contribution in [0.2, 0.25) is 0 Å². The molecule has 0 unspecified atom stereocenters. The normalized spacial score (nSPS) is 15.0. The lowest BCUT2D eigenvalue weighted by atomic mass is 9.90. The largest absolute Gasteiger partial charge is 0.497 e. The molecular formula is C24H32N4O2. The minimum Gasteiger partial charge on any atom is -0.497 e. The van der Waals surface area contributed by atoms with Crippen molar-refractivity contribution in [3.8, 4) is 5.75 Å². The molecule has 1 aliphatic rings. The van der Waals surface area contributed by atoms with Gasteiger partial charge in [-0.15, -0.1) is 0 Å². The molecule has 6 nitrogen and oxygen atoms in total. The van der Waals surface area contributed by atoms with Crippen LogP contribution in [0.3, 0.4) is 0 Å². The monoisotopic (exact) mass is 408 g/mol. The zero-order valence-electron chi connectivity index (χ0n) is 17.9. The molecule has 0 atom stereocenters. The van der Waals surface area contributed by atoms with Gasteiger partial charge in [0, 0.05) is 26.7 Å². The van der Waals surface area contributed by atoms with E-state index in [0.717, 1.165) is 43.7 Å². The summed E-state index contributed by atoms with van der Waals surface area (Å²) in [5.74, 6) is 2.22. The maximum Gasteiger partial charge on any atom is 0.241 e. The maximum atomic E-state index is 12.6. The van der Waals surface area contributed by atoms with Crippen molar-refractivity contribution < 1.29 is 9.53 Å². The van der Waals surface area contributed by atoms with E-state index in [-0.39, 0.29) is 12.5 Å². The summed E-state index contributed by atoms with van der Waals surface area (Å²) in [5.41, 5.74) is 2.47. The van der Waals surface area contributed by atoms with Crippen LogP contribution in [-0.4, -0.2) is 50.6 Å². The van der Waals surface area contributed by atoms with Gasteiger partial charge in [-0.1, -0.05) is 42.5 Å². The fourth-order valence-electron chi connectivity index (χ4n) is 3.79. The Balaban J connectivity index is 1.39. The fraction of sp³-hybridized carbons (Fsp3) is 0.417. The zero-order chi connectivity index (χ0) is 21.2. The van der Waals surface area contributed by atoms with Crippen LogP contribution in [-0.2, 0) is 17.8 Å². The number of likely N-dealkylation sites (tertiary alicyclic amines) is 1. The summed E-state index contributed by atoms with van der Waals surface area (Å²) in [6.45, 7) is 2.51. The van der Waals surface area contributed by atoms with Crippen molar-refractivity contribution in [1.82, 2.24) is 15.5 Å². The van der Waals surface area contributed by atoms with Gasteiger partial charge in [-0.25, -0.2) is 0 Å². The molecule has 1 fully saturated rings. The number of benzene rings is 2. The van der Waals surface area contributed by atoms with Gasteiger partial charge < -0.3 is 20.3 Å². The summed E-state index contributed by atoms with van der Waals surface area (Å²) in [7, 11) is 3.36. The Hall–Kier alpha value is -3.02. The van der Waals surface area contributed by atoms with E-state index in [4.69, 9.17) is 4.74 Å². The summed E-state index contributed by atoms with van der Waals surface area (Å²) >= 11 is 0. The smallest absolute Gasteiger partial charge is 0.241 e. The van der Waals surface area contributed by atoms with Gasteiger partial charge in [-0.2, -0.15) is 0 Å². The summed E-state index contributed by atoms with van der Waals surface area (Å²) < 4.78 is 5.25. The Morgan fingerprint density at radius 1 is 1.07 bits per heavy atom. The van der Waals surface area contributed by atoms with Gasteiger partial charge in [0.2, 0.25) is 5.91 Å². The molecule has 1 saturated heterocycles. The Bertz CT molecular complexity index is 830. The second kappa shape index (κ2) is 11.2. The number of hydrogen-bond acceptors (Lipinski definition) is 3. The van der Waals surface area contributed by atoms with Crippen LogP contribution < -0.4 is 15.4 Å². The van der Waals surface area contributed by atoms with E-state index in [9.17, 15) is 4.79 Å². The number of rotatable bonds is 7. The molecule has 1 aliphatic heterocycles. The summed E-state index contributed by atoms with van der Waals surface area (Å²) in [5, 5.41) is 6.38. The van der Waals surface area contributed by atoms with E-state index in [2.05, 4.69) is 46.0 Å². The number of piperidine rings is 1. The van der Waals surface area contributed by atoms with Crippen molar-refractivity contribution in [2.24, 2.45) is 10.9 Å². The number of ether oxygens (including phenoxy) is 1. The van der Waals surface area contributed by atoms with Crippen molar-refractivity contribution >= 4 is 11.9 Å². The Morgan fingerprint density at radius 3 is 2.50 bits per heavy atom. The Labute approximate surface area is 179 Å². The third-order valence-corrected chi connectivity index (χ3v) is 5.56. The first-order valence-corrected chi connectivity index (χ1v) is 10.6. The van der Waals surface area contributed by atoms with Gasteiger partial charge in [0.05, 0.1) is 13.7 Å². The number of amides is 1.